The van der Waals surface area contributed by atoms with Gasteiger partial charge in [-0.25, -0.2) is 0 Å². The maximum absolute atomic E-state index is 12.3. The van der Waals surface area contributed by atoms with Crippen LogP contribution in [0.4, 0.5) is 0 Å². The molecule has 1 amide bonds. The van der Waals surface area contributed by atoms with Crippen molar-refractivity contribution in [1.82, 2.24) is 10.6 Å². The molecule has 22 heavy (non-hydrogen) atoms. The first-order valence-electron chi connectivity index (χ1n) is 8.73. The van der Waals surface area contributed by atoms with E-state index in [0.29, 0.717) is 17.8 Å². The number of nitrogens with one attached hydrogen (secondary N) is 2. The van der Waals surface area contributed by atoms with Crippen molar-refractivity contribution in [2.45, 2.75) is 44.9 Å². The van der Waals surface area contributed by atoms with Gasteiger partial charge in [0.05, 0.1) is 0 Å². The van der Waals surface area contributed by atoms with Crippen molar-refractivity contribution in [1.29, 1.82) is 0 Å². The highest BCUT2D eigenvalue weighted by Gasteiger charge is 2.43. The molecule has 1 heterocycles. The number of carbonyl (C=O) groups is 1. The molecule has 2 fully saturated rings. The van der Waals surface area contributed by atoms with Crippen molar-refractivity contribution < 1.29 is 4.79 Å². The van der Waals surface area contributed by atoms with Crippen LogP contribution < -0.4 is 10.6 Å². The summed E-state index contributed by atoms with van der Waals surface area (Å²) in [5.41, 5.74) is 2.69. The molecule has 1 aliphatic heterocycles. The highest BCUT2D eigenvalue weighted by Crippen LogP contribution is 2.47. The van der Waals surface area contributed by atoms with E-state index in [4.69, 9.17) is 0 Å². The summed E-state index contributed by atoms with van der Waals surface area (Å²) in [5.74, 6) is 2.06. The minimum absolute atomic E-state index is 0.196. The average molecular weight is 300 g/mol. The number of hydrogen-bond acceptors (Lipinski definition) is 2. The van der Waals surface area contributed by atoms with Gasteiger partial charge in [-0.1, -0.05) is 38.1 Å². The molecular formula is C19H28N2O. The molecule has 0 radical (unpaired) electrons. The lowest BCUT2D eigenvalue weighted by molar-refractivity contribution is -0.122. The van der Waals surface area contributed by atoms with Crippen LogP contribution >= 0.6 is 0 Å². The first kappa shape index (κ1) is 15.5. The Morgan fingerprint density at radius 2 is 2.09 bits per heavy atom. The van der Waals surface area contributed by atoms with E-state index >= 15 is 0 Å². The maximum Gasteiger partial charge on any atom is 0.223 e. The molecule has 3 heteroatoms. The van der Waals surface area contributed by atoms with E-state index in [-0.39, 0.29) is 11.8 Å². The van der Waals surface area contributed by atoms with Gasteiger partial charge in [0.2, 0.25) is 5.91 Å². The molecule has 1 aromatic carbocycles. The van der Waals surface area contributed by atoms with Gasteiger partial charge in [-0.15, -0.1) is 0 Å². The van der Waals surface area contributed by atoms with Crippen molar-refractivity contribution in [2.75, 3.05) is 19.6 Å². The first-order valence-corrected chi connectivity index (χ1v) is 8.73. The second-order valence-electron chi connectivity index (χ2n) is 7.23. The number of carbonyl (C=O) groups excluding carboxylic acids is 1. The number of rotatable bonds is 5. The molecule has 3 unspecified atom stereocenters. The summed E-state index contributed by atoms with van der Waals surface area (Å²) < 4.78 is 0. The lowest BCUT2D eigenvalue weighted by atomic mass is 9.99. The van der Waals surface area contributed by atoms with Crippen LogP contribution in [0.15, 0.2) is 24.3 Å². The summed E-state index contributed by atoms with van der Waals surface area (Å²) in [6.07, 6.45) is 3.47. The van der Waals surface area contributed by atoms with E-state index in [1.54, 1.807) is 0 Å². The Kier molecular flexibility index (Phi) is 4.82. The quantitative estimate of drug-likeness (QED) is 0.877. The van der Waals surface area contributed by atoms with Gasteiger partial charge in [0, 0.05) is 12.5 Å². The maximum atomic E-state index is 12.3. The van der Waals surface area contributed by atoms with E-state index in [2.05, 4.69) is 48.7 Å². The molecule has 1 saturated carbocycles. The molecule has 3 nitrogen and oxygen atoms in total. The van der Waals surface area contributed by atoms with Crippen molar-refractivity contribution in [3.63, 3.8) is 0 Å². The van der Waals surface area contributed by atoms with Gasteiger partial charge in [-0.3, -0.25) is 4.79 Å². The van der Waals surface area contributed by atoms with Gasteiger partial charge in [-0.2, -0.15) is 0 Å². The normalized spacial score (nSPS) is 27.7. The molecule has 2 N–H and O–H groups in total. The SMILES string of the molecule is CC(C)c1ccc(C2CC2C(=O)NCC2CCCNC2)cc1. The lowest BCUT2D eigenvalue weighted by Crippen LogP contribution is -2.38. The predicted molar refractivity (Wildman–Crippen MR) is 90.0 cm³/mol. The van der Waals surface area contributed by atoms with E-state index in [9.17, 15) is 4.79 Å². The standard InChI is InChI=1S/C19H28N2O/c1-13(2)15-5-7-16(8-6-15)17-10-18(17)19(22)21-12-14-4-3-9-20-11-14/h5-8,13-14,17-18,20H,3-4,9-12H2,1-2H3,(H,21,22). The van der Waals surface area contributed by atoms with E-state index < -0.39 is 0 Å². The second kappa shape index (κ2) is 6.82. The third-order valence-electron chi connectivity index (χ3n) is 5.12. The number of piperidine rings is 1. The minimum atomic E-state index is 0.196. The molecule has 120 valence electrons. The Balaban J connectivity index is 1.47. The Hall–Kier alpha value is -1.35. The molecule has 1 aliphatic carbocycles. The van der Waals surface area contributed by atoms with E-state index in [1.165, 1.54) is 24.0 Å². The van der Waals surface area contributed by atoms with Gasteiger partial charge in [0.1, 0.15) is 0 Å². The van der Waals surface area contributed by atoms with Crippen LogP contribution in [0, 0.1) is 11.8 Å². The predicted octanol–water partition coefficient (Wildman–Crippen LogP) is 3.03. The monoisotopic (exact) mass is 300 g/mol. The third-order valence-corrected chi connectivity index (χ3v) is 5.12. The van der Waals surface area contributed by atoms with Gasteiger partial charge in [0.25, 0.3) is 0 Å². The Bertz CT molecular complexity index is 503. The smallest absolute Gasteiger partial charge is 0.223 e. The van der Waals surface area contributed by atoms with Crippen molar-refractivity contribution in [3.05, 3.63) is 35.4 Å². The van der Waals surface area contributed by atoms with Gasteiger partial charge < -0.3 is 10.6 Å². The zero-order chi connectivity index (χ0) is 15.5. The number of amides is 1. The molecule has 0 bridgehead atoms. The fraction of sp³-hybridized carbons (Fsp3) is 0.632. The van der Waals surface area contributed by atoms with Crippen LogP contribution in [0.1, 0.15) is 56.1 Å². The van der Waals surface area contributed by atoms with Crippen molar-refractivity contribution in [3.8, 4) is 0 Å². The van der Waals surface area contributed by atoms with Gasteiger partial charge >= 0.3 is 0 Å². The van der Waals surface area contributed by atoms with Crippen LogP contribution in [0.5, 0.6) is 0 Å². The summed E-state index contributed by atoms with van der Waals surface area (Å²) in [6.45, 7) is 7.43. The largest absolute Gasteiger partial charge is 0.356 e. The summed E-state index contributed by atoms with van der Waals surface area (Å²) >= 11 is 0. The lowest BCUT2D eigenvalue weighted by Gasteiger charge is -2.22. The summed E-state index contributed by atoms with van der Waals surface area (Å²) in [4.78, 5) is 12.3. The number of hydrogen-bond donors (Lipinski definition) is 2. The van der Waals surface area contributed by atoms with Gasteiger partial charge in [-0.05, 0) is 61.2 Å². The van der Waals surface area contributed by atoms with Crippen LogP contribution in [-0.4, -0.2) is 25.5 Å². The van der Waals surface area contributed by atoms with Crippen molar-refractivity contribution in [2.24, 2.45) is 11.8 Å². The zero-order valence-corrected chi connectivity index (χ0v) is 13.8. The second-order valence-corrected chi connectivity index (χ2v) is 7.23. The molecule has 2 aliphatic rings. The van der Waals surface area contributed by atoms with Crippen molar-refractivity contribution >= 4 is 5.91 Å². The highest BCUT2D eigenvalue weighted by atomic mass is 16.2. The Morgan fingerprint density at radius 3 is 2.73 bits per heavy atom. The van der Waals surface area contributed by atoms with Crippen LogP contribution in [0.3, 0.4) is 0 Å². The van der Waals surface area contributed by atoms with E-state index in [0.717, 1.165) is 26.1 Å². The summed E-state index contributed by atoms with van der Waals surface area (Å²) in [5, 5.41) is 6.57. The molecule has 3 atom stereocenters. The highest BCUT2D eigenvalue weighted by molar-refractivity contribution is 5.82. The molecule has 0 aromatic heterocycles. The average Bonchev–Trinajstić information content (AvgIpc) is 3.34. The van der Waals surface area contributed by atoms with E-state index in [1.807, 2.05) is 0 Å². The minimum Gasteiger partial charge on any atom is -0.356 e. The zero-order valence-electron chi connectivity index (χ0n) is 13.8. The first-order chi connectivity index (χ1) is 10.6. The molecule has 1 saturated heterocycles. The molecular weight excluding hydrogens is 272 g/mol. The Labute approximate surface area is 133 Å². The molecule has 3 rings (SSSR count). The molecule has 0 spiro atoms. The van der Waals surface area contributed by atoms with Crippen LogP contribution in [0.2, 0.25) is 0 Å². The third kappa shape index (κ3) is 3.70. The Morgan fingerprint density at radius 1 is 1.32 bits per heavy atom. The summed E-state index contributed by atoms with van der Waals surface area (Å²) in [7, 11) is 0. The summed E-state index contributed by atoms with van der Waals surface area (Å²) in [6, 6.07) is 8.83. The fourth-order valence-corrected chi connectivity index (χ4v) is 3.46. The topological polar surface area (TPSA) is 41.1 Å². The van der Waals surface area contributed by atoms with Crippen LogP contribution in [-0.2, 0) is 4.79 Å². The number of benzene rings is 1. The van der Waals surface area contributed by atoms with Gasteiger partial charge in [0.15, 0.2) is 0 Å². The fourth-order valence-electron chi connectivity index (χ4n) is 3.46. The van der Waals surface area contributed by atoms with Crippen LogP contribution in [0.25, 0.3) is 0 Å². The molecule has 1 aromatic rings.